The van der Waals surface area contributed by atoms with Crippen LogP contribution in [-0.4, -0.2) is 46.7 Å². The first kappa shape index (κ1) is 21.0. The lowest BCUT2D eigenvalue weighted by atomic mass is 9.93. The molecule has 0 saturated carbocycles. The van der Waals surface area contributed by atoms with Crippen molar-refractivity contribution in [3.63, 3.8) is 0 Å². The molecule has 0 spiro atoms. The first-order chi connectivity index (χ1) is 14.6. The topological polar surface area (TPSA) is 67.6 Å². The molecule has 1 N–H and O–H groups in total. The zero-order chi connectivity index (χ0) is 21.7. The summed E-state index contributed by atoms with van der Waals surface area (Å²) >= 11 is 0. The largest absolute Gasteiger partial charge is 0.497 e. The third kappa shape index (κ3) is 3.87. The van der Waals surface area contributed by atoms with Crippen molar-refractivity contribution >= 4 is 24.0 Å². The molecule has 1 heterocycles. The minimum absolute atomic E-state index is 0.385. The second-order valence-corrected chi connectivity index (χ2v) is 6.33. The Labute approximate surface area is 175 Å². The van der Waals surface area contributed by atoms with Crippen LogP contribution in [0, 0.1) is 5.82 Å². The van der Waals surface area contributed by atoms with Crippen LogP contribution in [0.15, 0.2) is 69.2 Å². The third-order valence-corrected chi connectivity index (χ3v) is 4.73. The van der Waals surface area contributed by atoms with E-state index in [9.17, 15) is 0 Å². The molecule has 2 aromatic rings. The van der Waals surface area contributed by atoms with Gasteiger partial charge in [-0.05, 0) is 31.0 Å². The molecule has 0 unspecified atom stereocenters. The fourth-order valence-corrected chi connectivity index (χ4v) is 3.28. The highest BCUT2D eigenvalue weighted by Crippen LogP contribution is 2.37. The molecule has 3 rings (SSSR count). The average Bonchev–Trinajstić information content (AvgIpc) is 2.78. The lowest BCUT2D eigenvalue weighted by molar-refractivity contribution is 0.404. The number of benzene rings is 2. The second-order valence-electron chi connectivity index (χ2n) is 6.33. The normalized spacial score (nSPS) is 17.6. The molecule has 154 valence electrons. The van der Waals surface area contributed by atoms with Crippen molar-refractivity contribution in [3.05, 3.63) is 65.6 Å². The van der Waals surface area contributed by atoms with E-state index in [1.807, 2.05) is 0 Å². The maximum absolute atomic E-state index is 15.8. The molecule has 0 aliphatic carbocycles. The first-order valence-electron chi connectivity index (χ1n) is 9.18. The monoisotopic (exact) mass is 406 g/mol. The minimum atomic E-state index is -0.402. The fraction of sp³-hybridized carbons (Fsp3) is 0.174. The van der Waals surface area contributed by atoms with Crippen molar-refractivity contribution in [2.45, 2.75) is 0 Å². The summed E-state index contributed by atoms with van der Waals surface area (Å²) in [5.41, 5.74) is 2.63. The molecule has 30 heavy (non-hydrogen) atoms. The molecular weight excluding hydrogens is 383 g/mol. The number of halogens is 1. The molecule has 7 heteroatoms. The highest BCUT2D eigenvalue weighted by Gasteiger charge is 2.24. The molecule has 0 saturated heterocycles. The van der Waals surface area contributed by atoms with Crippen molar-refractivity contribution in [2.24, 2.45) is 15.0 Å². The van der Waals surface area contributed by atoms with Crippen LogP contribution in [-0.2, 0) is 0 Å². The molecule has 1 aliphatic heterocycles. The molecule has 0 atom stereocenters. The summed E-state index contributed by atoms with van der Waals surface area (Å²) in [4.78, 5) is 12.3. The van der Waals surface area contributed by atoms with Gasteiger partial charge in [0.2, 0.25) is 0 Å². The van der Waals surface area contributed by atoms with E-state index in [-0.39, 0.29) is 0 Å². The number of hydrogen-bond donors (Lipinski definition) is 1. The zero-order valence-corrected chi connectivity index (χ0v) is 17.4. The Morgan fingerprint density at radius 2 is 1.70 bits per heavy atom. The molecule has 0 aromatic heterocycles. The molecule has 0 radical (unpaired) electrons. The van der Waals surface area contributed by atoms with Gasteiger partial charge in [0.15, 0.2) is 0 Å². The van der Waals surface area contributed by atoms with Crippen LogP contribution in [0.3, 0.4) is 0 Å². The van der Waals surface area contributed by atoms with Gasteiger partial charge >= 0.3 is 0 Å². The number of ether oxygens (including phenoxy) is 2. The van der Waals surface area contributed by atoms with Crippen LogP contribution in [0.25, 0.3) is 16.7 Å². The van der Waals surface area contributed by atoms with Crippen LogP contribution in [0.5, 0.6) is 11.5 Å². The molecule has 1 aliphatic rings. The lowest BCUT2D eigenvalue weighted by Crippen LogP contribution is -2.36. The van der Waals surface area contributed by atoms with E-state index in [0.717, 1.165) is 0 Å². The van der Waals surface area contributed by atoms with Gasteiger partial charge in [-0.3, -0.25) is 15.0 Å². The molecule has 6 nitrogen and oxygen atoms in total. The predicted molar refractivity (Wildman–Crippen MR) is 120 cm³/mol. The predicted octanol–water partition coefficient (Wildman–Crippen LogP) is 4.14. The van der Waals surface area contributed by atoms with Gasteiger partial charge in [-0.1, -0.05) is 18.2 Å². The molecule has 2 aromatic carbocycles. The van der Waals surface area contributed by atoms with Gasteiger partial charge < -0.3 is 14.8 Å². The maximum atomic E-state index is 15.8. The summed E-state index contributed by atoms with van der Waals surface area (Å²) in [6.07, 6.45) is 3.36. The summed E-state index contributed by atoms with van der Waals surface area (Å²) in [5, 5.41) is 3.13. The van der Waals surface area contributed by atoms with Crippen LogP contribution < -0.4 is 14.8 Å². The molecule has 0 amide bonds. The number of amidine groups is 2. The quantitative estimate of drug-likeness (QED) is 0.759. The van der Waals surface area contributed by atoms with Gasteiger partial charge in [0, 0.05) is 48.1 Å². The molecule has 0 bridgehead atoms. The summed E-state index contributed by atoms with van der Waals surface area (Å²) in [7, 11) is 6.40. The average molecular weight is 406 g/mol. The number of methoxy groups -OCH3 is 2. The van der Waals surface area contributed by atoms with Gasteiger partial charge in [0.05, 0.1) is 14.2 Å². The van der Waals surface area contributed by atoms with E-state index in [0.29, 0.717) is 51.0 Å². The van der Waals surface area contributed by atoms with E-state index in [4.69, 9.17) is 9.47 Å². The summed E-state index contributed by atoms with van der Waals surface area (Å²) in [6.45, 7) is 3.50. The van der Waals surface area contributed by atoms with Crippen molar-refractivity contribution in [2.75, 3.05) is 28.3 Å². The number of hydrogen-bond acceptors (Lipinski definition) is 5. The Balaban J connectivity index is 2.23. The van der Waals surface area contributed by atoms with Crippen LogP contribution >= 0.6 is 0 Å². The third-order valence-electron chi connectivity index (χ3n) is 4.73. The summed E-state index contributed by atoms with van der Waals surface area (Å²) in [5.74, 6) is 1.84. The minimum Gasteiger partial charge on any atom is -0.497 e. The molecular formula is C23H23FN4O2. The van der Waals surface area contributed by atoms with Crippen molar-refractivity contribution < 1.29 is 13.9 Å². The standard InChI is InChI=1S/C23H23FN4O2/c1-25-13-14-11-19(23(27-3)28-22(14)26-2)17-8-6-7-16(21(17)24)18-12-15(29-4)9-10-20(18)30-5/h6-13H,1H2,2-5H3,(H,26,27,28)/b14-13-. The van der Waals surface area contributed by atoms with E-state index >= 15 is 4.39 Å². The zero-order valence-electron chi connectivity index (χ0n) is 17.4. The lowest BCUT2D eigenvalue weighted by Gasteiger charge is -2.22. The van der Waals surface area contributed by atoms with E-state index < -0.39 is 5.82 Å². The Morgan fingerprint density at radius 3 is 2.33 bits per heavy atom. The SMILES string of the molecule is C=N/C=C1/C=C(c2cccc(-c3cc(OC)ccc3OC)c2F)C(=NC)NC1=NC. The van der Waals surface area contributed by atoms with Gasteiger partial charge in [0.25, 0.3) is 0 Å². The number of nitrogens with one attached hydrogen (secondary N) is 1. The van der Waals surface area contributed by atoms with Gasteiger partial charge in [-0.15, -0.1) is 0 Å². The summed E-state index contributed by atoms with van der Waals surface area (Å²) < 4.78 is 26.5. The van der Waals surface area contributed by atoms with E-state index in [2.05, 4.69) is 27.0 Å². The molecule has 0 fully saturated rings. The Morgan fingerprint density at radius 1 is 0.967 bits per heavy atom. The highest BCUT2D eigenvalue weighted by atomic mass is 19.1. The fourth-order valence-electron chi connectivity index (χ4n) is 3.28. The second kappa shape index (κ2) is 9.17. The van der Waals surface area contributed by atoms with E-state index in [1.165, 1.54) is 0 Å². The maximum Gasteiger partial charge on any atom is 0.139 e. The van der Waals surface area contributed by atoms with Gasteiger partial charge in [-0.2, -0.15) is 0 Å². The van der Waals surface area contributed by atoms with Crippen molar-refractivity contribution in [3.8, 4) is 22.6 Å². The Hall–Kier alpha value is -3.74. The van der Waals surface area contributed by atoms with Crippen LogP contribution in [0.2, 0.25) is 0 Å². The van der Waals surface area contributed by atoms with Gasteiger partial charge in [-0.25, -0.2) is 4.39 Å². The highest BCUT2D eigenvalue weighted by molar-refractivity contribution is 6.33. The van der Waals surface area contributed by atoms with Crippen LogP contribution in [0.4, 0.5) is 4.39 Å². The Bertz CT molecular complexity index is 1100. The van der Waals surface area contributed by atoms with Crippen molar-refractivity contribution in [1.29, 1.82) is 0 Å². The van der Waals surface area contributed by atoms with E-state index in [1.54, 1.807) is 77.0 Å². The van der Waals surface area contributed by atoms with Crippen LogP contribution in [0.1, 0.15) is 5.56 Å². The number of nitrogens with zero attached hydrogens (tertiary/aromatic N) is 3. The number of rotatable bonds is 5. The van der Waals surface area contributed by atoms with Gasteiger partial charge in [0.1, 0.15) is 29.0 Å². The number of aliphatic imine (C=N–C) groups is 3. The van der Waals surface area contributed by atoms with Crippen molar-refractivity contribution in [1.82, 2.24) is 5.32 Å². The summed E-state index contributed by atoms with van der Waals surface area (Å²) in [6, 6.07) is 10.5. The first-order valence-corrected chi connectivity index (χ1v) is 9.18. The smallest absolute Gasteiger partial charge is 0.139 e. The Kier molecular flexibility index (Phi) is 6.41.